The molecule has 47 heavy (non-hydrogen) atoms. The second kappa shape index (κ2) is 15.2. The van der Waals surface area contributed by atoms with Crippen LogP contribution in [0.15, 0.2) is 82.0 Å². The Labute approximate surface area is 288 Å². The molecule has 0 saturated carbocycles. The number of hydrogen-bond acceptors (Lipinski definition) is 7. The Bertz CT molecular complexity index is 1820. The molecule has 3 N–H and O–H groups in total. The Morgan fingerprint density at radius 3 is 2.55 bits per heavy atom. The van der Waals surface area contributed by atoms with Crippen molar-refractivity contribution in [2.24, 2.45) is 11.3 Å². The van der Waals surface area contributed by atoms with Gasteiger partial charge in [-0.2, -0.15) is 16.6 Å². The molecule has 10 heteroatoms. The normalized spacial score (nSPS) is 15.2. The van der Waals surface area contributed by atoms with E-state index in [4.69, 9.17) is 0 Å². The van der Waals surface area contributed by atoms with E-state index in [0.717, 1.165) is 35.3 Å². The van der Waals surface area contributed by atoms with Gasteiger partial charge in [-0.25, -0.2) is 0 Å². The molecule has 0 radical (unpaired) electrons. The number of carbonyl (C=O) groups is 3. The molecule has 242 valence electrons. The van der Waals surface area contributed by atoms with E-state index in [2.05, 4.69) is 42.8 Å². The number of nitriles is 1. The molecule has 2 atom stereocenters. The number of nitrogens with zero attached hydrogens (tertiary/aromatic N) is 1. The quantitative estimate of drug-likeness (QED) is 0.114. The van der Waals surface area contributed by atoms with Crippen LogP contribution in [0.1, 0.15) is 72.5 Å². The average molecular weight is 683 g/mol. The van der Waals surface area contributed by atoms with Gasteiger partial charge in [0, 0.05) is 21.0 Å². The lowest BCUT2D eigenvalue weighted by Gasteiger charge is -2.33. The summed E-state index contributed by atoms with van der Waals surface area (Å²) >= 11 is 4.44. The van der Waals surface area contributed by atoms with E-state index in [-0.39, 0.29) is 22.9 Å². The highest BCUT2D eigenvalue weighted by Crippen LogP contribution is 2.44. The molecule has 2 heterocycles. The molecule has 5 rings (SSSR count). The highest BCUT2D eigenvalue weighted by molar-refractivity contribution is 8.00. The van der Waals surface area contributed by atoms with E-state index in [9.17, 15) is 19.6 Å². The molecule has 2 unspecified atom stereocenters. The van der Waals surface area contributed by atoms with Crippen LogP contribution in [0.5, 0.6) is 0 Å². The Morgan fingerprint density at radius 2 is 1.87 bits per heavy atom. The highest BCUT2D eigenvalue weighted by Gasteiger charge is 2.33. The minimum absolute atomic E-state index is 0.113. The lowest BCUT2D eigenvalue weighted by molar-refractivity contribution is -0.116. The van der Waals surface area contributed by atoms with Gasteiger partial charge >= 0.3 is 0 Å². The molecule has 0 spiro atoms. The average Bonchev–Trinajstić information content (AvgIpc) is 3.70. The number of amides is 3. The van der Waals surface area contributed by atoms with Crippen LogP contribution in [0.25, 0.3) is 6.08 Å². The van der Waals surface area contributed by atoms with Crippen LogP contribution in [0.2, 0.25) is 0 Å². The van der Waals surface area contributed by atoms with Crippen LogP contribution in [0.3, 0.4) is 0 Å². The van der Waals surface area contributed by atoms with Gasteiger partial charge in [0.25, 0.3) is 11.8 Å². The summed E-state index contributed by atoms with van der Waals surface area (Å²) in [7, 11) is 0. The van der Waals surface area contributed by atoms with E-state index in [1.807, 2.05) is 48.0 Å². The maximum absolute atomic E-state index is 13.5. The minimum atomic E-state index is -0.466. The summed E-state index contributed by atoms with van der Waals surface area (Å²) in [6, 6.07) is 20.3. The number of anilines is 2. The summed E-state index contributed by atoms with van der Waals surface area (Å²) in [6.45, 7) is 8.74. The number of benzene rings is 2. The summed E-state index contributed by atoms with van der Waals surface area (Å²) < 4.78 is 0. The lowest BCUT2D eigenvalue weighted by Crippen LogP contribution is -2.30. The van der Waals surface area contributed by atoms with Crippen molar-refractivity contribution in [1.82, 2.24) is 5.32 Å². The van der Waals surface area contributed by atoms with Gasteiger partial charge in [-0.3, -0.25) is 14.4 Å². The van der Waals surface area contributed by atoms with Crippen molar-refractivity contribution in [3.05, 3.63) is 104 Å². The van der Waals surface area contributed by atoms with Gasteiger partial charge in [-0.1, -0.05) is 52.0 Å². The molecule has 2 aromatic heterocycles. The van der Waals surface area contributed by atoms with E-state index >= 15 is 0 Å². The maximum Gasteiger partial charge on any atom is 0.272 e. The Hall–Kier alpha value is -4.17. The largest absolute Gasteiger partial charge is 0.321 e. The first-order valence-electron chi connectivity index (χ1n) is 15.6. The molecule has 3 amide bonds. The van der Waals surface area contributed by atoms with Gasteiger partial charge in [0.2, 0.25) is 5.91 Å². The number of nitrogens with one attached hydrogen (secondary N) is 3. The summed E-state index contributed by atoms with van der Waals surface area (Å²) in [4.78, 5) is 41.9. The molecular weight excluding hydrogens is 645 g/mol. The van der Waals surface area contributed by atoms with Crippen LogP contribution in [-0.2, 0) is 22.4 Å². The van der Waals surface area contributed by atoms with E-state index in [1.54, 1.807) is 36.4 Å². The van der Waals surface area contributed by atoms with Crippen LogP contribution in [0.4, 0.5) is 10.7 Å². The molecule has 2 aromatic carbocycles. The third kappa shape index (κ3) is 8.60. The van der Waals surface area contributed by atoms with Gasteiger partial charge in [-0.05, 0) is 101 Å². The smallest absolute Gasteiger partial charge is 0.272 e. The summed E-state index contributed by atoms with van der Waals surface area (Å²) in [5.74, 6) is -0.466. The molecule has 1 aliphatic rings. The Balaban J connectivity index is 1.28. The summed E-state index contributed by atoms with van der Waals surface area (Å²) in [5, 5.41) is 22.7. The molecule has 0 saturated heterocycles. The lowest BCUT2D eigenvalue weighted by atomic mass is 9.72. The van der Waals surface area contributed by atoms with Crippen LogP contribution in [0, 0.1) is 22.7 Å². The van der Waals surface area contributed by atoms with Gasteiger partial charge in [-0.15, -0.1) is 23.1 Å². The molecule has 0 bridgehead atoms. The topological polar surface area (TPSA) is 111 Å². The first kappa shape index (κ1) is 34.2. The predicted octanol–water partition coefficient (Wildman–Crippen LogP) is 8.75. The standard InChI is InChI=1S/C37H38N4O3S3/c1-5-31(35(44)41-36-29(21-38)28-15-14-25(37(2,3)4)19-32(28)47-36)46-27-13-9-12-26(20-27)39-34(43)30(18-23-16-17-45-22-23)40-33(42)24-10-7-6-8-11-24/h6-13,16-18,20,22,25,31H,5,14-15,19H2,1-4H3,(H,39,43)(H,40,42)(H,41,44)/b30-18-. The second-order valence-corrected chi connectivity index (χ2v) is 15.7. The van der Waals surface area contributed by atoms with Gasteiger partial charge in [0.15, 0.2) is 0 Å². The zero-order valence-electron chi connectivity index (χ0n) is 26.9. The number of rotatable bonds is 10. The van der Waals surface area contributed by atoms with E-state index in [0.29, 0.717) is 34.2 Å². The number of fused-ring (bicyclic) bond motifs is 1. The van der Waals surface area contributed by atoms with Crippen molar-refractivity contribution in [2.75, 3.05) is 10.6 Å². The predicted molar refractivity (Wildman–Crippen MR) is 194 cm³/mol. The van der Waals surface area contributed by atoms with Gasteiger partial charge in [0.1, 0.15) is 16.8 Å². The van der Waals surface area contributed by atoms with E-state index < -0.39 is 11.2 Å². The molecule has 0 fully saturated rings. The van der Waals surface area contributed by atoms with Crippen LogP contribution < -0.4 is 16.0 Å². The summed E-state index contributed by atoms with van der Waals surface area (Å²) in [6.07, 6.45) is 5.05. The molecule has 0 aliphatic heterocycles. The number of thioether (sulfide) groups is 1. The summed E-state index contributed by atoms with van der Waals surface area (Å²) in [5.41, 5.74) is 3.76. The fraction of sp³-hybridized carbons (Fsp3) is 0.297. The van der Waals surface area contributed by atoms with Crippen LogP contribution >= 0.6 is 34.4 Å². The molecular formula is C37H38N4O3S3. The fourth-order valence-corrected chi connectivity index (χ4v) is 8.43. The third-order valence-electron chi connectivity index (χ3n) is 8.26. The highest BCUT2D eigenvalue weighted by atomic mass is 32.2. The number of thiophene rings is 2. The van der Waals surface area contributed by atoms with Crippen molar-refractivity contribution < 1.29 is 14.4 Å². The van der Waals surface area contributed by atoms with Crippen LogP contribution in [-0.4, -0.2) is 23.0 Å². The zero-order chi connectivity index (χ0) is 33.6. The van der Waals surface area contributed by atoms with Crippen molar-refractivity contribution in [3.63, 3.8) is 0 Å². The molecule has 1 aliphatic carbocycles. The number of hydrogen-bond donors (Lipinski definition) is 3. The van der Waals surface area contributed by atoms with Gasteiger partial charge in [0.05, 0.1) is 10.8 Å². The zero-order valence-corrected chi connectivity index (χ0v) is 29.3. The first-order valence-corrected chi connectivity index (χ1v) is 18.2. The van der Waals surface area contributed by atoms with Crippen molar-refractivity contribution in [2.45, 2.75) is 63.5 Å². The molecule has 7 nitrogen and oxygen atoms in total. The third-order valence-corrected chi connectivity index (χ3v) is 11.5. The Morgan fingerprint density at radius 1 is 1.09 bits per heavy atom. The maximum atomic E-state index is 13.5. The monoisotopic (exact) mass is 682 g/mol. The Kier molecular flexibility index (Phi) is 11.0. The van der Waals surface area contributed by atoms with Crippen molar-refractivity contribution in [3.8, 4) is 6.07 Å². The molecule has 4 aromatic rings. The van der Waals surface area contributed by atoms with Gasteiger partial charge < -0.3 is 16.0 Å². The number of carbonyl (C=O) groups excluding carboxylic acids is 3. The SMILES string of the molecule is CCC(Sc1cccc(NC(=O)/C(=C/c2ccsc2)NC(=O)c2ccccc2)c1)C(=O)Nc1sc2c(c1C#N)CCC(C(C)(C)C)C2. The van der Waals surface area contributed by atoms with Crippen molar-refractivity contribution in [1.29, 1.82) is 5.26 Å². The van der Waals surface area contributed by atoms with Crippen molar-refractivity contribution >= 4 is 68.9 Å². The second-order valence-electron chi connectivity index (χ2n) is 12.5. The fourth-order valence-electron chi connectivity index (χ4n) is 5.52. The minimum Gasteiger partial charge on any atom is -0.321 e. The van der Waals surface area contributed by atoms with E-state index in [1.165, 1.54) is 39.3 Å². The first-order chi connectivity index (χ1) is 22.5.